The predicted molar refractivity (Wildman–Crippen MR) is 126 cm³/mol. The second kappa shape index (κ2) is 9.94. The molecule has 0 fully saturated rings. The average Bonchev–Trinajstić information content (AvgIpc) is 3.09. The van der Waals surface area contributed by atoms with E-state index in [2.05, 4.69) is 21.1 Å². The van der Waals surface area contributed by atoms with Gasteiger partial charge in [0.15, 0.2) is 0 Å². The number of rotatable bonds is 7. The number of hydrogen-bond donors (Lipinski definition) is 0. The molecule has 1 heterocycles. The van der Waals surface area contributed by atoms with Gasteiger partial charge in [-0.25, -0.2) is 4.39 Å². The molecule has 0 bridgehead atoms. The summed E-state index contributed by atoms with van der Waals surface area (Å²) >= 11 is 5.08. The van der Waals surface area contributed by atoms with E-state index in [1.54, 1.807) is 30.1 Å². The van der Waals surface area contributed by atoms with E-state index in [4.69, 9.17) is 9.94 Å². The highest BCUT2D eigenvalue weighted by Gasteiger charge is 2.17. The number of aromatic nitrogens is 2. The lowest BCUT2D eigenvalue weighted by molar-refractivity contribution is 0.132. The lowest BCUT2D eigenvalue weighted by Gasteiger charge is -2.05. The summed E-state index contributed by atoms with van der Waals surface area (Å²) in [6, 6.07) is 24.4. The van der Waals surface area contributed by atoms with Gasteiger partial charge in [0, 0.05) is 22.0 Å². The van der Waals surface area contributed by atoms with Crippen molar-refractivity contribution < 1.29 is 9.23 Å². The Bertz CT molecular complexity index is 1190. The molecule has 1 aromatic heterocycles. The molecule has 0 aliphatic carbocycles. The van der Waals surface area contributed by atoms with Crippen molar-refractivity contribution in [2.75, 3.05) is 0 Å². The van der Waals surface area contributed by atoms with E-state index < -0.39 is 0 Å². The molecule has 4 rings (SSSR count). The van der Waals surface area contributed by atoms with E-state index in [1.807, 2.05) is 66.3 Å². The molecular formula is C24H19BrFN3OS. The van der Waals surface area contributed by atoms with Gasteiger partial charge in [-0.3, -0.25) is 4.68 Å². The standard InChI is InChI=1S/C24H19BrFN3OS/c1-29-24(31-21-12-10-19(25)11-13-21)22(23(28-29)18-7-3-2-4-8-18)15-27-30-16-17-6-5-9-20(26)14-17/h2-15H,16H2,1H3/b27-15-. The Kier molecular flexibility index (Phi) is 6.84. The van der Waals surface area contributed by atoms with Gasteiger partial charge in [-0.2, -0.15) is 5.10 Å². The van der Waals surface area contributed by atoms with E-state index in [-0.39, 0.29) is 12.4 Å². The Morgan fingerprint density at radius 1 is 1.06 bits per heavy atom. The molecule has 31 heavy (non-hydrogen) atoms. The lowest BCUT2D eigenvalue weighted by Crippen LogP contribution is -1.94. The maximum Gasteiger partial charge on any atom is 0.142 e. The van der Waals surface area contributed by atoms with Crippen molar-refractivity contribution in [3.05, 3.63) is 100 Å². The number of halogens is 2. The molecule has 0 amide bonds. The summed E-state index contributed by atoms with van der Waals surface area (Å²) in [7, 11) is 1.92. The SMILES string of the molecule is Cn1nc(-c2ccccc2)c(/C=N\OCc2cccc(F)c2)c1Sc1ccc(Br)cc1. The van der Waals surface area contributed by atoms with E-state index in [1.165, 1.54) is 12.1 Å². The third-order valence-corrected chi connectivity index (χ3v) is 6.20. The van der Waals surface area contributed by atoms with Crippen LogP contribution >= 0.6 is 27.7 Å². The van der Waals surface area contributed by atoms with Crippen molar-refractivity contribution in [3.63, 3.8) is 0 Å². The third-order valence-electron chi connectivity index (χ3n) is 4.48. The van der Waals surface area contributed by atoms with Crippen LogP contribution in [-0.2, 0) is 18.5 Å². The number of hydrogen-bond acceptors (Lipinski definition) is 4. The molecule has 0 unspecified atom stereocenters. The highest BCUT2D eigenvalue weighted by atomic mass is 79.9. The van der Waals surface area contributed by atoms with Crippen LogP contribution in [0.3, 0.4) is 0 Å². The monoisotopic (exact) mass is 495 g/mol. The third kappa shape index (κ3) is 5.42. The van der Waals surface area contributed by atoms with Crippen molar-refractivity contribution in [1.82, 2.24) is 9.78 Å². The molecule has 0 aliphatic heterocycles. The first-order valence-electron chi connectivity index (χ1n) is 9.56. The molecule has 156 valence electrons. The predicted octanol–water partition coefficient (Wildman–Crippen LogP) is 6.69. The van der Waals surface area contributed by atoms with Crippen molar-refractivity contribution >= 4 is 33.9 Å². The molecule has 4 nitrogen and oxygen atoms in total. The van der Waals surface area contributed by atoms with Crippen molar-refractivity contribution in [3.8, 4) is 11.3 Å². The molecule has 0 saturated carbocycles. The summed E-state index contributed by atoms with van der Waals surface area (Å²) in [4.78, 5) is 6.53. The van der Waals surface area contributed by atoms with Crippen LogP contribution in [0.1, 0.15) is 11.1 Å². The van der Waals surface area contributed by atoms with Gasteiger partial charge in [0.2, 0.25) is 0 Å². The number of oxime groups is 1. The quantitative estimate of drug-likeness (QED) is 0.211. The van der Waals surface area contributed by atoms with Crippen LogP contribution in [0, 0.1) is 5.82 Å². The van der Waals surface area contributed by atoms with Gasteiger partial charge in [0.25, 0.3) is 0 Å². The molecule has 7 heteroatoms. The fraction of sp³-hybridized carbons (Fsp3) is 0.0833. The second-order valence-electron chi connectivity index (χ2n) is 6.75. The molecule has 0 aliphatic rings. The number of aryl methyl sites for hydroxylation is 1. The molecule has 0 saturated heterocycles. The summed E-state index contributed by atoms with van der Waals surface area (Å²) in [5.41, 5.74) is 3.39. The van der Waals surface area contributed by atoms with Crippen LogP contribution in [0.5, 0.6) is 0 Å². The maximum atomic E-state index is 13.4. The fourth-order valence-electron chi connectivity index (χ4n) is 3.01. The zero-order chi connectivity index (χ0) is 21.6. The van der Waals surface area contributed by atoms with Crippen LogP contribution in [0.25, 0.3) is 11.3 Å². The Morgan fingerprint density at radius 3 is 2.58 bits per heavy atom. The molecule has 3 aromatic carbocycles. The van der Waals surface area contributed by atoms with Crippen LogP contribution in [0.4, 0.5) is 4.39 Å². The second-order valence-corrected chi connectivity index (χ2v) is 8.73. The summed E-state index contributed by atoms with van der Waals surface area (Å²) < 4.78 is 16.2. The van der Waals surface area contributed by atoms with E-state index >= 15 is 0 Å². The molecule has 0 spiro atoms. The van der Waals surface area contributed by atoms with Gasteiger partial charge in [-0.15, -0.1) is 0 Å². The van der Waals surface area contributed by atoms with Crippen LogP contribution in [0.15, 0.2) is 98.4 Å². The van der Waals surface area contributed by atoms with Gasteiger partial charge in [-0.1, -0.05) is 75.3 Å². The molecular weight excluding hydrogens is 477 g/mol. The van der Waals surface area contributed by atoms with E-state index in [0.717, 1.165) is 36.8 Å². The topological polar surface area (TPSA) is 39.4 Å². The summed E-state index contributed by atoms with van der Waals surface area (Å²) in [5, 5.41) is 9.84. The molecule has 0 radical (unpaired) electrons. The van der Waals surface area contributed by atoms with Gasteiger partial charge >= 0.3 is 0 Å². The first-order chi connectivity index (χ1) is 15.1. The van der Waals surface area contributed by atoms with Gasteiger partial charge < -0.3 is 4.84 Å². The van der Waals surface area contributed by atoms with Gasteiger partial charge in [0.05, 0.1) is 11.8 Å². The van der Waals surface area contributed by atoms with E-state index in [0.29, 0.717) is 0 Å². The minimum atomic E-state index is -0.295. The van der Waals surface area contributed by atoms with Crippen molar-refractivity contribution in [2.24, 2.45) is 12.2 Å². The van der Waals surface area contributed by atoms with E-state index in [9.17, 15) is 4.39 Å². The zero-order valence-corrected chi connectivity index (χ0v) is 19.1. The lowest BCUT2D eigenvalue weighted by atomic mass is 10.1. The zero-order valence-electron chi connectivity index (χ0n) is 16.7. The Balaban J connectivity index is 1.63. The van der Waals surface area contributed by atoms with Gasteiger partial charge in [0.1, 0.15) is 23.1 Å². The summed E-state index contributed by atoms with van der Waals surface area (Å²) in [5.74, 6) is -0.295. The largest absolute Gasteiger partial charge is 0.391 e. The van der Waals surface area contributed by atoms with Gasteiger partial charge in [-0.05, 0) is 42.0 Å². The van der Waals surface area contributed by atoms with Crippen LogP contribution in [-0.4, -0.2) is 16.0 Å². The highest BCUT2D eigenvalue weighted by molar-refractivity contribution is 9.10. The van der Waals surface area contributed by atoms with Crippen LogP contribution < -0.4 is 0 Å². The average molecular weight is 496 g/mol. The minimum absolute atomic E-state index is 0.185. The maximum absolute atomic E-state index is 13.4. The first-order valence-corrected chi connectivity index (χ1v) is 11.2. The summed E-state index contributed by atoms with van der Waals surface area (Å²) in [6.45, 7) is 0.185. The number of nitrogens with zero attached hydrogens (tertiary/aromatic N) is 3. The fourth-order valence-corrected chi connectivity index (χ4v) is 4.21. The minimum Gasteiger partial charge on any atom is -0.391 e. The summed E-state index contributed by atoms with van der Waals surface area (Å²) in [6.07, 6.45) is 1.68. The molecule has 0 N–H and O–H groups in total. The normalized spacial score (nSPS) is 11.2. The highest BCUT2D eigenvalue weighted by Crippen LogP contribution is 2.35. The Labute approximate surface area is 192 Å². The first kappa shape index (κ1) is 21.3. The molecule has 4 aromatic rings. The van der Waals surface area contributed by atoms with Crippen molar-refractivity contribution in [1.29, 1.82) is 0 Å². The Hall–Kier alpha value is -2.90. The van der Waals surface area contributed by atoms with Crippen molar-refractivity contribution in [2.45, 2.75) is 16.5 Å². The van der Waals surface area contributed by atoms with Crippen LogP contribution in [0.2, 0.25) is 0 Å². The number of benzene rings is 3. The molecule has 0 atom stereocenters. The smallest absolute Gasteiger partial charge is 0.142 e. The Morgan fingerprint density at radius 2 is 1.84 bits per heavy atom.